The molecule has 0 atom stereocenters. The van der Waals surface area contributed by atoms with Crippen LogP contribution in [0.3, 0.4) is 0 Å². The molecular formula is C23H18ClN3OS. The van der Waals surface area contributed by atoms with Gasteiger partial charge in [0, 0.05) is 17.1 Å². The van der Waals surface area contributed by atoms with Gasteiger partial charge in [0.05, 0.1) is 11.4 Å². The molecule has 144 valence electrons. The van der Waals surface area contributed by atoms with E-state index in [4.69, 9.17) is 11.6 Å². The third-order valence-electron chi connectivity index (χ3n) is 4.44. The molecule has 1 N–H and O–H groups in total. The van der Waals surface area contributed by atoms with Crippen molar-refractivity contribution in [1.82, 2.24) is 15.5 Å². The molecule has 0 unspecified atom stereocenters. The molecule has 0 bridgehead atoms. The first-order valence-electron chi connectivity index (χ1n) is 9.14. The number of carbonyl (C=O) groups is 1. The molecule has 0 saturated heterocycles. The van der Waals surface area contributed by atoms with Gasteiger partial charge in [-0.2, -0.15) is 0 Å². The molecule has 0 saturated carbocycles. The second kappa shape index (κ2) is 9.07. The largest absolute Gasteiger partial charge is 0.351 e. The van der Waals surface area contributed by atoms with Gasteiger partial charge in [-0.25, -0.2) is 0 Å². The van der Waals surface area contributed by atoms with Crippen LogP contribution in [0.2, 0.25) is 5.02 Å². The monoisotopic (exact) mass is 419 g/mol. The maximum atomic E-state index is 12.1. The summed E-state index contributed by atoms with van der Waals surface area (Å²) in [6.07, 6.45) is 0. The Morgan fingerprint density at radius 2 is 1.69 bits per heavy atom. The Labute approximate surface area is 178 Å². The highest BCUT2D eigenvalue weighted by molar-refractivity contribution is 7.99. The zero-order valence-corrected chi connectivity index (χ0v) is 17.1. The van der Waals surface area contributed by atoms with Crippen LogP contribution in [0.15, 0.2) is 83.9 Å². The van der Waals surface area contributed by atoms with Crippen LogP contribution in [0.4, 0.5) is 0 Å². The summed E-state index contributed by atoms with van der Waals surface area (Å²) in [5.74, 6) is 0.239. The van der Waals surface area contributed by atoms with Gasteiger partial charge in [0.15, 0.2) is 0 Å². The second-order valence-electron chi connectivity index (χ2n) is 6.51. The third-order valence-corrected chi connectivity index (χ3v) is 5.61. The Hall–Kier alpha value is -2.89. The number of benzene rings is 3. The molecule has 0 radical (unpaired) electrons. The second-order valence-corrected chi connectivity index (χ2v) is 7.94. The molecule has 4 aromatic rings. The van der Waals surface area contributed by atoms with Gasteiger partial charge in [0.1, 0.15) is 5.03 Å². The number of amides is 1. The van der Waals surface area contributed by atoms with Crippen molar-refractivity contribution >= 4 is 40.0 Å². The molecule has 4 rings (SSSR count). The van der Waals surface area contributed by atoms with E-state index in [9.17, 15) is 4.79 Å². The number of rotatable bonds is 6. The highest BCUT2D eigenvalue weighted by Gasteiger charge is 2.06. The summed E-state index contributed by atoms with van der Waals surface area (Å²) in [5, 5.41) is 15.2. The van der Waals surface area contributed by atoms with E-state index >= 15 is 0 Å². The standard InChI is InChI=1S/C23H18ClN3OS/c24-20-9-5-16(6-10-20)14-25-22(28)15-29-23-12-11-21(26-27-23)19-8-7-17-3-1-2-4-18(17)13-19/h1-13H,14-15H2,(H,25,28). The summed E-state index contributed by atoms with van der Waals surface area (Å²) >= 11 is 7.23. The van der Waals surface area contributed by atoms with Crippen molar-refractivity contribution in [3.63, 3.8) is 0 Å². The quantitative estimate of drug-likeness (QED) is 0.427. The summed E-state index contributed by atoms with van der Waals surface area (Å²) in [7, 11) is 0. The maximum absolute atomic E-state index is 12.1. The topological polar surface area (TPSA) is 54.9 Å². The Morgan fingerprint density at radius 1 is 0.897 bits per heavy atom. The summed E-state index contributed by atoms with van der Waals surface area (Å²) in [5.41, 5.74) is 2.84. The minimum absolute atomic E-state index is 0.0506. The fraction of sp³-hybridized carbons (Fsp3) is 0.0870. The Kier molecular flexibility index (Phi) is 6.08. The van der Waals surface area contributed by atoms with Crippen molar-refractivity contribution in [2.75, 3.05) is 5.75 Å². The van der Waals surface area contributed by atoms with E-state index in [1.165, 1.54) is 22.5 Å². The first-order chi connectivity index (χ1) is 14.2. The van der Waals surface area contributed by atoms with Crippen molar-refractivity contribution in [2.24, 2.45) is 0 Å². The van der Waals surface area contributed by atoms with Gasteiger partial charge in [-0.05, 0) is 46.7 Å². The number of fused-ring (bicyclic) bond motifs is 1. The van der Waals surface area contributed by atoms with Crippen molar-refractivity contribution in [3.8, 4) is 11.3 Å². The number of nitrogens with zero attached hydrogens (tertiary/aromatic N) is 2. The molecule has 29 heavy (non-hydrogen) atoms. The van der Waals surface area contributed by atoms with Crippen LogP contribution < -0.4 is 5.32 Å². The minimum Gasteiger partial charge on any atom is -0.351 e. The van der Waals surface area contributed by atoms with Crippen molar-refractivity contribution < 1.29 is 4.79 Å². The van der Waals surface area contributed by atoms with Gasteiger partial charge in [-0.15, -0.1) is 10.2 Å². The van der Waals surface area contributed by atoms with Gasteiger partial charge in [0.25, 0.3) is 0 Å². The molecule has 6 heteroatoms. The summed E-state index contributed by atoms with van der Waals surface area (Å²) in [4.78, 5) is 12.1. The van der Waals surface area contributed by atoms with Crippen LogP contribution in [0, 0.1) is 0 Å². The summed E-state index contributed by atoms with van der Waals surface area (Å²) in [6.45, 7) is 0.475. The van der Waals surface area contributed by atoms with Crippen molar-refractivity contribution in [1.29, 1.82) is 0 Å². The zero-order valence-electron chi connectivity index (χ0n) is 15.5. The molecule has 0 fully saturated rings. The fourth-order valence-corrected chi connectivity index (χ4v) is 3.66. The average molecular weight is 420 g/mol. The smallest absolute Gasteiger partial charge is 0.230 e. The third kappa shape index (κ3) is 5.13. The summed E-state index contributed by atoms with van der Waals surface area (Å²) < 4.78 is 0. The number of hydrogen-bond donors (Lipinski definition) is 1. The number of hydrogen-bond acceptors (Lipinski definition) is 4. The molecule has 3 aromatic carbocycles. The lowest BCUT2D eigenvalue weighted by atomic mass is 10.1. The number of nitrogens with one attached hydrogen (secondary N) is 1. The Bertz CT molecular complexity index is 1130. The fourth-order valence-electron chi connectivity index (χ4n) is 2.89. The normalized spacial score (nSPS) is 10.8. The average Bonchev–Trinajstić information content (AvgIpc) is 2.77. The predicted octanol–water partition coefficient (Wildman–Crippen LogP) is 5.36. The van der Waals surface area contributed by atoms with E-state index in [1.54, 1.807) is 0 Å². The van der Waals surface area contributed by atoms with E-state index < -0.39 is 0 Å². The van der Waals surface area contributed by atoms with Gasteiger partial charge in [-0.3, -0.25) is 4.79 Å². The predicted molar refractivity (Wildman–Crippen MR) is 119 cm³/mol. The van der Waals surface area contributed by atoms with E-state index in [0.717, 1.165) is 21.8 Å². The lowest BCUT2D eigenvalue weighted by Crippen LogP contribution is -2.24. The zero-order chi connectivity index (χ0) is 20.1. The maximum Gasteiger partial charge on any atom is 0.230 e. The van der Waals surface area contributed by atoms with Gasteiger partial charge >= 0.3 is 0 Å². The number of halogens is 1. The van der Waals surface area contributed by atoms with Crippen LogP contribution in [-0.4, -0.2) is 21.9 Å². The van der Waals surface area contributed by atoms with E-state index in [1.807, 2.05) is 54.6 Å². The van der Waals surface area contributed by atoms with E-state index in [0.29, 0.717) is 11.6 Å². The highest BCUT2D eigenvalue weighted by atomic mass is 35.5. The number of carbonyl (C=O) groups excluding carboxylic acids is 1. The molecule has 0 aliphatic carbocycles. The summed E-state index contributed by atoms with van der Waals surface area (Å²) in [6, 6.07) is 25.7. The van der Waals surface area contributed by atoms with Gasteiger partial charge < -0.3 is 5.32 Å². The lowest BCUT2D eigenvalue weighted by molar-refractivity contribution is -0.118. The van der Waals surface area contributed by atoms with Crippen LogP contribution in [-0.2, 0) is 11.3 Å². The number of thioether (sulfide) groups is 1. The Balaban J connectivity index is 1.32. The SMILES string of the molecule is O=C(CSc1ccc(-c2ccc3ccccc3c2)nn1)NCc1ccc(Cl)cc1. The molecule has 1 aromatic heterocycles. The molecule has 4 nitrogen and oxygen atoms in total. The highest BCUT2D eigenvalue weighted by Crippen LogP contribution is 2.24. The van der Waals surface area contributed by atoms with Gasteiger partial charge in [0.2, 0.25) is 5.91 Å². The van der Waals surface area contributed by atoms with Crippen LogP contribution in [0.25, 0.3) is 22.0 Å². The van der Waals surface area contributed by atoms with Crippen LogP contribution >= 0.6 is 23.4 Å². The first kappa shape index (κ1) is 19.4. The minimum atomic E-state index is -0.0506. The molecule has 1 heterocycles. The molecule has 0 spiro atoms. The van der Waals surface area contributed by atoms with Crippen LogP contribution in [0.5, 0.6) is 0 Å². The number of aromatic nitrogens is 2. The van der Waals surface area contributed by atoms with Crippen molar-refractivity contribution in [2.45, 2.75) is 11.6 Å². The Morgan fingerprint density at radius 3 is 2.45 bits per heavy atom. The molecule has 0 aliphatic heterocycles. The first-order valence-corrected chi connectivity index (χ1v) is 10.5. The lowest BCUT2D eigenvalue weighted by Gasteiger charge is -2.06. The van der Waals surface area contributed by atoms with Crippen LogP contribution in [0.1, 0.15) is 5.56 Å². The molecular weight excluding hydrogens is 402 g/mol. The van der Waals surface area contributed by atoms with E-state index in [2.05, 4.69) is 39.8 Å². The van der Waals surface area contributed by atoms with Crippen molar-refractivity contribution in [3.05, 3.63) is 89.4 Å². The molecule has 0 aliphatic rings. The molecule has 1 amide bonds. The van der Waals surface area contributed by atoms with E-state index in [-0.39, 0.29) is 11.7 Å². The van der Waals surface area contributed by atoms with Gasteiger partial charge in [-0.1, -0.05) is 71.9 Å².